The summed E-state index contributed by atoms with van der Waals surface area (Å²) in [6.45, 7) is 5.78. The number of rotatable bonds is 3. The van der Waals surface area contributed by atoms with Gasteiger partial charge in [-0.3, -0.25) is 0 Å². The second-order valence-corrected chi connectivity index (χ2v) is 5.63. The molecule has 1 aromatic heterocycles. The summed E-state index contributed by atoms with van der Waals surface area (Å²) in [6, 6.07) is 0. The van der Waals surface area contributed by atoms with E-state index in [1.165, 1.54) is 5.01 Å². The minimum absolute atomic E-state index is 0.328. The van der Waals surface area contributed by atoms with Crippen LogP contribution >= 0.6 is 11.3 Å². The Morgan fingerprint density at radius 3 is 3.07 bits per heavy atom. The lowest BCUT2D eigenvalue weighted by molar-refractivity contribution is 0.177. The van der Waals surface area contributed by atoms with E-state index in [9.17, 15) is 0 Å². The SMILES string of the molecule is CC(C)Cc1nc(C2(N)CCOC2)cs1. The summed E-state index contributed by atoms with van der Waals surface area (Å²) >= 11 is 1.72. The van der Waals surface area contributed by atoms with Gasteiger partial charge in [0.2, 0.25) is 0 Å². The predicted octanol–water partition coefficient (Wildman–Crippen LogP) is 1.92. The van der Waals surface area contributed by atoms with Crippen LogP contribution in [0.25, 0.3) is 0 Å². The molecule has 0 spiro atoms. The zero-order valence-electron chi connectivity index (χ0n) is 9.32. The van der Waals surface area contributed by atoms with E-state index in [1.54, 1.807) is 11.3 Å². The quantitative estimate of drug-likeness (QED) is 0.856. The molecule has 3 nitrogen and oxygen atoms in total. The van der Waals surface area contributed by atoms with Gasteiger partial charge in [-0.2, -0.15) is 0 Å². The van der Waals surface area contributed by atoms with Gasteiger partial charge in [-0.25, -0.2) is 4.98 Å². The first-order chi connectivity index (χ1) is 7.10. The number of hydrogen-bond donors (Lipinski definition) is 1. The molecule has 0 radical (unpaired) electrons. The molecule has 4 heteroatoms. The van der Waals surface area contributed by atoms with Crippen LogP contribution in [0.5, 0.6) is 0 Å². The average molecular weight is 226 g/mol. The van der Waals surface area contributed by atoms with Crippen molar-refractivity contribution in [3.63, 3.8) is 0 Å². The lowest BCUT2D eigenvalue weighted by atomic mass is 9.97. The molecule has 1 aromatic rings. The number of hydrogen-bond acceptors (Lipinski definition) is 4. The number of ether oxygens (including phenoxy) is 1. The fourth-order valence-corrected chi connectivity index (χ4v) is 2.88. The molecule has 1 atom stereocenters. The van der Waals surface area contributed by atoms with E-state index < -0.39 is 0 Å². The van der Waals surface area contributed by atoms with Gasteiger partial charge in [0.05, 0.1) is 22.8 Å². The molecule has 2 rings (SSSR count). The van der Waals surface area contributed by atoms with Crippen LogP contribution < -0.4 is 5.73 Å². The monoisotopic (exact) mass is 226 g/mol. The molecule has 0 bridgehead atoms. The number of aromatic nitrogens is 1. The van der Waals surface area contributed by atoms with E-state index >= 15 is 0 Å². The highest BCUT2D eigenvalue weighted by Crippen LogP contribution is 2.29. The first-order valence-corrected chi connectivity index (χ1v) is 6.30. The maximum Gasteiger partial charge on any atom is 0.0931 e. The first kappa shape index (κ1) is 11.0. The number of nitrogens with two attached hydrogens (primary N) is 1. The molecule has 84 valence electrons. The van der Waals surface area contributed by atoms with Crippen LogP contribution in [0.3, 0.4) is 0 Å². The molecular formula is C11H18N2OS. The van der Waals surface area contributed by atoms with Crippen LogP contribution in [0.1, 0.15) is 31.0 Å². The topological polar surface area (TPSA) is 48.1 Å². The van der Waals surface area contributed by atoms with Crippen LogP contribution in [0.4, 0.5) is 0 Å². The lowest BCUT2D eigenvalue weighted by Crippen LogP contribution is -2.37. The van der Waals surface area contributed by atoms with Crippen molar-refractivity contribution in [2.75, 3.05) is 13.2 Å². The van der Waals surface area contributed by atoms with E-state index in [0.29, 0.717) is 12.5 Å². The molecule has 0 aromatic carbocycles. The van der Waals surface area contributed by atoms with Crippen molar-refractivity contribution in [3.8, 4) is 0 Å². The number of thiazole rings is 1. The fraction of sp³-hybridized carbons (Fsp3) is 0.727. The van der Waals surface area contributed by atoms with E-state index in [-0.39, 0.29) is 5.54 Å². The Morgan fingerprint density at radius 1 is 1.67 bits per heavy atom. The summed E-state index contributed by atoms with van der Waals surface area (Å²) in [5.74, 6) is 0.651. The summed E-state index contributed by atoms with van der Waals surface area (Å²) in [4.78, 5) is 4.62. The highest BCUT2D eigenvalue weighted by Gasteiger charge is 2.34. The van der Waals surface area contributed by atoms with Gasteiger partial charge in [0.25, 0.3) is 0 Å². The van der Waals surface area contributed by atoms with E-state index in [1.807, 2.05) is 0 Å². The third-order valence-corrected chi connectivity index (χ3v) is 3.57. The van der Waals surface area contributed by atoms with E-state index in [0.717, 1.165) is 25.1 Å². The Kier molecular flexibility index (Phi) is 3.09. The zero-order valence-corrected chi connectivity index (χ0v) is 10.1. The standard InChI is InChI=1S/C11H18N2OS/c1-8(2)5-10-13-9(6-15-10)11(12)3-4-14-7-11/h6,8H,3-5,7,12H2,1-2H3. The summed E-state index contributed by atoms with van der Waals surface area (Å²) in [6.07, 6.45) is 1.93. The summed E-state index contributed by atoms with van der Waals surface area (Å²) in [5, 5.41) is 3.28. The van der Waals surface area contributed by atoms with Crippen molar-refractivity contribution in [1.82, 2.24) is 4.98 Å². The molecular weight excluding hydrogens is 208 g/mol. The minimum Gasteiger partial charge on any atom is -0.379 e. The van der Waals surface area contributed by atoms with Gasteiger partial charge in [0.1, 0.15) is 0 Å². The molecule has 1 unspecified atom stereocenters. The Labute approximate surface area is 94.7 Å². The van der Waals surface area contributed by atoms with Gasteiger partial charge in [0.15, 0.2) is 0 Å². The van der Waals surface area contributed by atoms with E-state index in [4.69, 9.17) is 10.5 Å². The highest BCUT2D eigenvalue weighted by molar-refractivity contribution is 7.09. The maximum atomic E-state index is 6.24. The van der Waals surface area contributed by atoms with Gasteiger partial charge in [-0.1, -0.05) is 13.8 Å². The lowest BCUT2D eigenvalue weighted by Gasteiger charge is -2.18. The fourth-order valence-electron chi connectivity index (χ4n) is 1.77. The predicted molar refractivity (Wildman–Crippen MR) is 62.0 cm³/mol. The molecule has 2 N–H and O–H groups in total. The van der Waals surface area contributed by atoms with Gasteiger partial charge in [-0.15, -0.1) is 11.3 Å². The molecule has 1 aliphatic heterocycles. The molecule has 2 heterocycles. The molecule has 0 aliphatic carbocycles. The normalized spacial score (nSPS) is 26.4. The van der Waals surface area contributed by atoms with Gasteiger partial charge in [0, 0.05) is 18.4 Å². The summed E-state index contributed by atoms with van der Waals surface area (Å²) in [5.41, 5.74) is 6.93. The summed E-state index contributed by atoms with van der Waals surface area (Å²) in [7, 11) is 0. The highest BCUT2D eigenvalue weighted by atomic mass is 32.1. The first-order valence-electron chi connectivity index (χ1n) is 5.42. The van der Waals surface area contributed by atoms with Crippen LogP contribution in [0.15, 0.2) is 5.38 Å². The van der Waals surface area contributed by atoms with Crippen LogP contribution in [0, 0.1) is 5.92 Å². The largest absolute Gasteiger partial charge is 0.379 e. The second-order valence-electron chi connectivity index (χ2n) is 4.68. The van der Waals surface area contributed by atoms with Crippen molar-refractivity contribution in [3.05, 3.63) is 16.1 Å². The molecule has 1 saturated heterocycles. The zero-order chi connectivity index (χ0) is 10.9. The van der Waals surface area contributed by atoms with Gasteiger partial charge < -0.3 is 10.5 Å². The Balaban J connectivity index is 2.12. The summed E-state index contributed by atoms with van der Waals surface area (Å²) < 4.78 is 5.34. The van der Waals surface area contributed by atoms with Crippen LogP contribution in [0.2, 0.25) is 0 Å². The van der Waals surface area contributed by atoms with Crippen LogP contribution in [-0.4, -0.2) is 18.2 Å². The number of nitrogens with zero attached hydrogens (tertiary/aromatic N) is 1. The molecule has 1 fully saturated rings. The third kappa shape index (κ3) is 2.38. The Hall–Kier alpha value is -0.450. The minimum atomic E-state index is -0.328. The van der Waals surface area contributed by atoms with Crippen molar-refractivity contribution >= 4 is 11.3 Å². The van der Waals surface area contributed by atoms with Gasteiger partial charge in [-0.05, 0) is 12.3 Å². The maximum absolute atomic E-state index is 6.24. The smallest absolute Gasteiger partial charge is 0.0931 e. The third-order valence-electron chi connectivity index (χ3n) is 2.70. The van der Waals surface area contributed by atoms with E-state index in [2.05, 4.69) is 24.2 Å². The molecule has 15 heavy (non-hydrogen) atoms. The van der Waals surface area contributed by atoms with Crippen molar-refractivity contribution in [1.29, 1.82) is 0 Å². The molecule has 0 saturated carbocycles. The average Bonchev–Trinajstić information content (AvgIpc) is 2.74. The Morgan fingerprint density at radius 2 is 2.47 bits per heavy atom. The van der Waals surface area contributed by atoms with Crippen molar-refractivity contribution in [2.45, 2.75) is 32.2 Å². The Bertz CT molecular complexity index is 329. The van der Waals surface area contributed by atoms with Crippen molar-refractivity contribution < 1.29 is 4.74 Å². The van der Waals surface area contributed by atoms with Crippen LogP contribution in [-0.2, 0) is 16.7 Å². The molecule has 0 amide bonds. The van der Waals surface area contributed by atoms with Crippen molar-refractivity contribution in [2.24, 2.45) is 11.7 Å². The van der Waals surface area contributed by atoms with Gasteiger partial charge >= 0.3 is 0 Å². The second kappa shape index (κ2) is 4.20. The molecule has 1 aliphatic rings.